The van der Waals surface area contributed by atoms with Crippen LogP contribution in [0.15, 0.2) is 28.0 Å². The number of alkyl halides is 3. The van der Waals surface area contributed by atoms with E-state index in [-0.39, 0.29) is 20.6 Å². The summed E-state index contributed by atoms with van der Waals surface area (Å²) in [5.74, 6) is 1.08. The molecule has 1 saturated carbocycles. The SMILES string of the molecule is Cc1c(-n2ncc(Cl)c(Cl)c2=O)ccc(C(F)(F)F)c1SCC1CC1. The van der Waals surface area contributed by atoms with Crippen molar-refractivity contribution in [1.82, 2.24) is 9.78 Å². The maximum absolute atomic E-state index is 13.4. The highest BCUT2D eigenvalue weighted by Crippen LogP contribution is 2.43. The average Bonchev–Trinajstić information content (AvgIpc) is 3.35. The van der Waals surface area contributed by atoms with E-state index >= 15 is 0 Å². The van der Waals surface area contributed by atoms with Crippen LogP contribution in [0.25, 0.3) is 5.69 Å². The lowest BCUT2D eigenvalue weighted by molar-refractivity contribution is -0.139. The van der Waals surface area contributed by atoms with Gasteiger partial charge in [-0.05, 0) is 43.4 Å². The van der Waals surface area contributed by atoms with Crippen molar-refractivity contribution < 1.29 is 13.2 Å². The Morgan fingerprint density at radius 2 is 2.00 bits per heavy atom. The number of nitrogens with zero attached hydrogens (tertiary/aromatic N) is 2. The lowest BCUT2D eigenvalue weighted by atomic mass is 10.1. The molecule has 0 unspecified atom stereocenters. The van der Waals surface area contributed by atoms with Crippen LogP contribution in [0.4, 0.5) is 13.2 Å². The van der Waals surface area contributed by atoms with Gasteiger partial charge in [-0.3, -0.25) is 4.79 Å². The summed E-state index contributed by atoms with van der Waals surface area (Å²) in [6, 6.07) is 2.21. The van der Waals surface area contributed by atoms with Crippen molar-refractivity contribution in [3.63, 3.8) is 0 Å². The van der Waals surface area contributed by atoms with Gasteiger partial charge in [0.25, 0.3) is 5.56 Å². The van der Waals surface area contributed by atoms with Crippen molar-refractivity contribution in [3.8, 4) is 5.69 Å². The van der Waals surface area contributed by atoms with Gasteiger partial charge in [-0.1, -0.05) is 23.2 Å². The zero-order chi connectivity index (χ0) is 18.4. The predicted octanol–water partition coefficient (Wildman–Crippen LogP) is 5.37. The molecule has 0 radical (unpaired) electrons. The fraction of sp³-hybridized carbons (Fsp3) is 0.375. The summed E-state index contributed by atoms with van der Waals surface area (Å²) < 4.78 is 41.1. The topological polar surface area (TPSA) is 34.9 Å². The lowest BCUT2D eigenvalue weighted by Gasteiger charge is -2.18. The number of halogens is 5. The van der Waals surface area contributed by atoms with E-state index in [1.165, 1.54) is 24.0 Å². The molecule has 0 bridgehead atoms. The van der Waals surface area contributed by atoms with Crippen molar-refractivity contribution >= 4 is 35.0 Å². The van der Waals surface area contributed by atoms with E-state index < -0.39 is 17.3 Å². The Bertz CT molecular complexity index is 879. The third kappa shape index (κ3) is 3.83. The van der Waals surface area contributed by atoms with Crippen molar-refractivity contribution in [2.24, 2.45) is 5.92 Å². The van der Waals surface area contributed by atoms with E-state index in [4.69, 9.17) is 23.2 Å². The van der Waals surface area contributed by atoms with Crippen LogP contribution in [0.5, 0.6) is 0 Å². The molecule has 3 nitrogen and oxygen atoms in total. The van der Waals surface area contributed by atoms with Crippen LogP contribution < -0.4 is 5.56 Å². The highest BCUT2D eigenvalue weighted by molar-refractivity contribution is 7.99. The molecule has 3 rings (SSSR count). The molecule has 1 heterocycles. The molecule has 1 aliphatic rings. The van der Waals surface area contributed by atoms with Crippen molar-refractivity contribution in [2.45, 2.75) is 30.8 Å². The van der Waals surface area contributed by atoms with Crippen LogP contribution in [0.1, 0.15) is 24.0 Å². The van der Waals surface area contributed by atoms with Gasteiger partial charge >= 0.3 is 6.18 Å². The van der Waals surface area contributed by atoms with Gasteiger partial charge in [0.1, 0.15) is 5.02 Å². The number of hydrogen-bond acceptors (Lipinski definition) is 3. The van der Waals surface area contributed by atoms with Gasteiger partial charge in [0.2, 0.25) is 0 Å². The molecule has 0 saturated heterocycles. The molecule has 0 aliphatic heterocycles. The minimum Gasteiger partial charge on any atom is -0.266 e. The molecule has 0 amide bonds. The van der Waals surface area contributed by atoms with E-state index in [0.29, 0.717) is 17.2 Å². The van der Waals surface area contributed by atoms with Gasteiger partial charge in [-0.25, -0.2) is 0 Å². The third-order valence-electron chi connectivity index (χ3n) is 3.95. The lowest BCUT2D eigenvalue weighted by Crippen LogP contribution is -2.23. The van der Waals surface area contributed by atoms with Gasteiger partial charge in [0.15, 0.2) is 0 Å². The Kier molecular flexibility index (Phi) is 5.10. The summed E-state index contributed by atoms with van der Waals surface area (Å²) in [5.41, 5.74) is -0.772. The third-order valence-corrected chi connectivity index (χ3v) is 6.15. The van der Waals surface area contributed by atoms with Crippen molar-refractivity contribution in [3.05, 3.63) is 49.9 Å². The molecule has 134 valence electrons. The molecule has 25 heavy (non-hydrogen) atoms. The number of aromatic nitrogens is 2. The van der Waals surface area contributed by atoms with Crippen LogP contribution in [0, 0.1) is 12.8 Å². The van der Waals surface area contributed by atoms with Gasteiger partial charge in [0, 0.05) is 10.6 Å². The molecule has 0 atom stereocenters. The van der Waals surface area contributed by atoms with Gasteiger partial charge < -0.3 is 0 Å². The van der Waals surface area contributed by atoms with Crippen LogP contribution in [-0.2, 0) is 6.18 Å². The Labute approximate surface area is 156 Å². The minimum atomic E-state index is -4.47. The second kappa shape index (κ2) is 6.85. The quantitative estimate of drug-likeness (QED) is 0.637. The summed E-state index contributed by atoms with van der Waals surface area (Å²) in [6.45, 7) is 1.55. The monoisotopic (exact) mass is 408 g/mol. The normalized spacial score (nSPS) is 14.8. The van der Waals surface area contributed by atoms with E-state index in [0.717, 1.165) is 23.6 Å². The minimum absolute atomic E-state index is 0.00388. The summed E-state index contributed by atoms with van der Waals surface area (Å²) in [4.78, 5) is 12.4. The zero-order valence-electron chi connectivity index (χ0n) is 13.0. The second-order valence-corrected chi connectivity index (χ2v) is 7.68. The molecule has 1 fully saturated rings. The summed E-state index contributed by atoms with van der Waals surface area (Å²) in [6.07, 6.45) is -1.19. The fourth-order valence-electron chi connectivity index (χ4n) is 2.39. The fourth-order valence-corrected chi connectivity index (χ4v) is 4.04. The molecular weight excluding hydrogens is 396 g/mol. The molecular formula is C16H13Cl2F3N2OS. The first-order valence-electron chi connectivity index (χ1n) is 7.47. The Morgan fingerprint density at radius 1 is 1.32 bits per heavy atom. The first-order valence-corrected chi connectivity index (χ1v) is 9.21. The second-order valence-electron chi connectivity index (χ2n) is 5.86. The molecule has 0 spiro atoms. The molecule has 1 aromatic carbocycles. The van der Waals surface area contributed by atoms with Crippen LogP contribution in [0.3, 0.4) is 0 Å². The Balaban J connectivity index is 2.14. The maximum atomic E-state index is 13.4. The van der Waals surface area contributed by atoms with Crippen LogP contribution in [-0.4, -0.2) is 15.5 Å². The van der Waals surface area contributed by atoms with Gasteiger partial charge in [-0.2, -0.15) is 23.0 Å². The molecule has 1 aliphatic carbocycles. The molecule has 1 aromatic heterocycles. The maximum Gasteiger partial charge on any atom is 0.417 e. The predicted molar refractivity (Wildman–Crippen MR) is 93.0 cm³/mol. The number of rotatable bonds is 4. The average molecular weight is 409 g/mol. The summed E-state index contributed by atoms with van der Waals surface area (Å²) in [5, 5.41) is 3.68. The number of thioether (sulfide) groups is 1. The van der Waals surface area contributed by atoms with Crippen molar-refractivity contribution in [1.29, 1.82) is 0 Å². The van der Waals surface area contributed by atoms with Gasteiger partial charge in [0.05, 0.1) is 22.5 Å². The molecule has 2 aromatic rings. The van der Waals surface area contributed by atoms with Crippen molar-refractivity contribution in [2.75, 3.05) is 5.75 Å². The van der Waals surface area contributed by atoms with Crippen LogP contribution >= 0.6 is 35.0 Å². The van der Waals surface area contributed by atoms with E-state index in [1.54, 1.807) is 6.92 Å². The Hall–Kier alpha value is -1.18. The molecule has 9 heteroatoms. The number of hydrogen-bond donors (Lipinski definition) is 0. The first-order chi connectivity index (χ1) is 11.7. The number of benzene rings is 1. The first kappa shape index (κ1) is 18.6. The standard InChI is InChI=1S/C16H13Cl2F3N2OS/c1-8-12(23-15(24)13(18)11(17)6-22-23)5-4-10(16(19,20)21)14(8)25-7-9-2-3-9/h4-6,9H,2-3,7H2,1H3. The van der Waals surface area contributed by atoms with E-state index in [9.17, 15) is 18.0 Å². The summed E-state index contributed by atoms with van der Waals surface area (Å²) in [7, 11) is 0. The van der Waals surface area contributed by atoms with Crippen LogP contribution in [0.2, 0.25) is 10.0 Å². The zero-order valence-corrected chi connectivity index (χ0v) is 15.4. The summed E-state index contributed by atoms with van der Waals surface area (Å²) >= 11 is 12.8. The highest BCUT2D eigenvalue weighted by atomic mass is 35.5. The largest absolute Gasteiger partial charge is 0.417 e. The van der Waals surface area contributed by atoms with Gasteiger partial charge in [-0.15, -0.1) is 11.8 Å². The van der Waals surface area contributed by atoms with E-state index in [2.05, 4.69) is 5.10 Å². The smallest absolute Gasteiger partial charge is 0.266 e. The molecule has 0 N–H and O–H groups in total. The highest BCUT2D eigenvalue weighted by Gasteiger charge is 2.35. The van der Waals surface area contributed by atoms with E-state index in [1.807, 2.05) is 0 Å². The Morgan fingerprint density at radius 3 is 2.60 bits per heavy atom.